The van der Waals surface area contributed by atoms with Crippen LogP contribution < -0.4 is 10.5 Å². The predicted octanol–water partition coefficient (Wildman–Crippen LogP) is 4.27. The van der Waals surface area contributed by atoms with Crippen molar-refractivity contribution in [2.24, 2.45) is 5.73 Å². The molecule has 8 heteroatoms. The highest BCUT2D eigenvalue weighted by atomic mass is 79.9. The molecule has 2 aromatic rings. The van der Waals surface area contributed by atoms with Gasteiger partial charge in [-0.1, -0.05) is 12.1 Å². The van der Waals surface area contributed by atoms with E-state index in [4.69, 9.17) is 24.4 Å². The zero-order valence-electron chi connectivity index (χ0n) is 15.9. The Morgan fingerprint density at radius 1 is 1.31 bits per heavy atom. The second-order valence-electron chi connectivity index (χ2n) is 6.14. The van der Waals surface area contributed by atoms with Crippen molar-refractivity contribution in [2.45, 2.75) is 26.4 Å². The lowest BCUT2D eigenvalue weighted by atomic mass is 9.87. The monoisotopic (exact) mass is 458 g/mol. The minimum Gasteiger partial charge on any atom is -0.484 e. The van der Waals surface area contributed by atoms with Crippen LogP contribution in [0.1, 0.15) is 31.3 Å². The van der Waals surface area contributed by atoms with Gasteiger partial charge in [-0.05, 0) is 54.0 Å². The fourth-order valence-electron chi connectivity index (χ4n) is 2.98. The number of nitriles is 1. The van der Waals surface area contributed by atoms with Crippen LogP contribution in [0.15, 0.2) is 68.1 Å². The molecule has 2 N–H and O–H groups in total. The molecule has 2 heterocycles. The summed E-state index contributed by atoms with van der Waals surface area (Å²) >= 11 is 3.42. The number of nitrogens with two attached hydrogens (primary N) is 1. The van der Waals surface area contributed by atoms with E-state index in [9.17, 15) is 10.1 Å². The fourth-order valence-corrected chi connectivity index (χ4v) is 3.38. The van der Waals surface area contributed by atoms with E-state index >= 15 is 0 Å². The van der Waals surface area contributed by atoms with Crippen LogP contribution in [0.3, 0.4) is 0 Å². The number of furan rings is 1. The molecule has 0 saturated heterocycles. The highest BCUT2D eigenvalue weighted by Gasteiger charge is 2.38. The number of esters is 1. The zero-order valence-corrected chi connectivity index (χ0v) is 17.5. The standard InChI is InChI=1S/C21H19BrN2O5/c1-3-26-21(25)18-12(2)28-20(24)14(10-23)19(18)17-9-8-13(29-17)11-27-16-7-5-4-6-15(16)22/h4-9,19H,3,11,24H2,1-2H3/t19-/m1/s1. The van der Waals surface area contributed by atoms with Crippen LogP contribution >= 0.6 is 15.9 Å². The minimum absolute atomic E-state index is 0.0644. The maximum atomic E-state index is 12.5. The Morgan fingerprint density at radius 2 is 2.07 bits per heavy atom. The van der Waals surface area contributed by atoms with Gasteiger partial charge in [0.2, 0.25) is 5.88 Å². The van der Waals surface area contributed by atoms with Gasteiger partial charge < -0.3 is 24.4 Å². The topological polar surface area (TPSA) is 108 Å². The van der Waals surface area contributed by atoms with Crippen LogP contribution in [0.4, 0.5) is 0 Å². The number of allylic oxidation sites excluding steroid dienone is 2. The lowest BCUT2D eigenvalue weighted by Gasteiger charge is -2.25. The second-order valence-corrected chi connectivity index (χ2v) is 6.99. The minimum atomic E-state index is -0.815. The Hall–Kier alpha value is -3.18. The molecule has 1 aromatic carbocycles. The zero-order chi connectivity index (χ0) is 21.0. The molecule has 150 valence electrons. The van der Waals surface area contributed by atoms with Gasteiger partial charge in [0.25, 0.3) is 0 Å². The van der Waals surface area contributed by atoms with Gasteiger partial charge >= 0.3 is 5.97 Å². The first-order chi connectivity index (χ1) is 14.0. The maximum Gasteiger partial charge on any atom is 0.338 e. The van der Waals surface area contributed by atoms with Crippen molar-refractivity contribution in [2.75, 3.05) is 6.61 Å². The summed E-state index contributed by atoms with van der Waals surface area (Å²) in [6.45, 7) is 3.66. The van der Waals surface area contributed by atoms with Crippen molar-refractivity contribution in [3.05, 3.63) is 75.2 Å². The average molecular weight is 459 g/mol. The molecule has 0 aliphatic carbocycles. The Kier molecular flexibility index (Phi) is 6.29. The number of benzene rings is 1. The summed E-state index contributed by atoms with van der Waals surface area (Å²) < 4.78 is 23.0. The lowest BCUT2D eigenvalue weighted by molar-refractivity contribution is -0.139. The number of nitrogens with zero attached hydrogens (tertiary/aromatic N) is 1. The van der Waals surface area contributed by atoms with Gasteiger partial charge in [0.1, 0.15) is 41.3 Å². The lowest BCUT2D eigenvalue weighted by Crippen LogP contribution is -2.25. The molecule has 0 bridgehead atoms. The quantitative estimate of drug-likeness (QED) is 0.643. The second kappa shape index (κ2) is 8.88. The van der Waals surface area contributed by atoms with Crippen molar-refractivity contribution >= 4 is 21.9 Å². The number of halogens is 1. The van der Waals surface area contributed by atoms with Gasteiger partial charge in [0.15, 0.2) is 0 Å². The molecule has 0 spiro atoms. The molecule has 7 nitrogen and oxygen atoms in total. The Bertz CT molecular complexity index is 1030. The van der Waals surface area contributed by atoms with Gasteiger partial charge in [-0.2, -0.15) is 5.26 Å². The van der Waals surface area contributed by atoms with E-state index < -0.39 is 11.9 Å². The molecule has 0 amide bonds. The number of hydrogen-bond donors (Lipinski definition) is 1. The smallest absolute Gasteiger partial charge is 0.338 e. The summed E-state index contributed by atoms with van der Waals surface area (Å²) in [5.74, 6) is 0.377. The summed E-state index contributed by atoms with van der Waals surface area (Å²) in [5.41, 5.74) is 6.15. The molecular formula is C21H19BrN2O5. The van der Waals surface area contributed by atoms with Crippen molar-refractivity contribution in [3.8, 4) is 11.8 Å². The molecule has 1 atom stereocenters. The van der Waals surface area contributed by atoms with Crippen molar-refractivity contribution in [1.29, 1.82) is 5.26 Å². The SMILES string of the molecule is CCOC(=O)C1=C(C)OC(N)=C(C#N)[C@@H]1c1ccc(COc2ccccc2Br)o1. The van der Waals surface area contributed by atoms with Crippen molar-refractivity contribution in [3.63, 3.8) is 0 Å². The molecule has 0 unspecified atom stereocenters. The average Bonchev–Trinajstić information content (AvgIpc) is 3.15. The van der Waals surface area contributed by atoms with Crippen LogP contribution in [0, 0.1) is 11.3 Å². The third-order valence-corrected chi connectivity index (χ3v) is 4.93. The van der Waals surface area contributed by atoms with E-state index in [0.717, 1.165) is 4.47 Å². The fraction of sp³-hybridized carbons (Fsp3) is 0.238. The summed E-state index contributed by atoms with van der Waals surface area (Å²) in [6.07, 6.45) is 0. The summed E-state index contributed by atoms with van der Waals surface area (Å²) in [6, 6.07) is 12.9. The molecule has 0 saturated carbocycles. The highest BCUT2D eigenvalue weighted by Crippen LogP contribution is 2.40. The number of para-hydroxylation sites is 1. The summed E-state index contributed by atoms with van der Waals surface area (Å²) in [7, 11) is 0. The third kappa shape index (κ3) is 4.30. The molecular weight excluding hydrogens is 440 g/mol. The summed E-state index contributed by atoms with van der Waals surface area (Å²) in [5, 5.41) is 9.58. The van der Waals surface area contributed by atoms with E-state index in [1.54, 1.807) is 26.0 Å². The van der Waals surface area contributed by atoms with Crippen LogP contribution in [-0.2, 0) is 20.9 Å². The molecule has 29 heavy (non-hydrogen) atoms. The first kappa shape index (κ1) is 20.6. The Balaban J connectivity index is 1.90. The normalized spacial score (nSPS) is 16.3. The van der Waals surface area contributed by atoms with Gasteiger partial charge in [-0.3, -0.25) is 0 Å². The predicted molar refractivity (Wildman–Crippen MR) is 107 cm³/mol. The van der Waals surface area contributed by atoms with Crippen molar-refractivity contribution < 1.29 is 23.4 Å². The van der Waals surface area contributed by atoms with Gasteiger partial charge in [0, 0.05) is 0 Å². The van der Waals surface area contributed by atoms with E-state index in [2.05, 4.69) is 15.9 Å². The molecule has 0 radical (unpaired) electrons. The van der Waals surface area contributed by atoms with Crippen LogP contribution in [-0.4, -0.2) is 12.6 Å². The maximum absolute atomic E-state index is 12.5. The van der Waals surface area contributed by atoms with Crippen LogP contribution in [0.25, 0.3) is 0 Å². The molecule has 3 rings (SSSR count). The van der Waals surface area contributed by atoms with E-state index in [0.29, 0.717) is 17.3 Å². The summed E-state index contributed by atoms with van der Waals surface area (Å²) in [4.78, 5) is 12.5. The molecule has 1 aromatic heterocycles. The largest absolute Gasteiger partial charge is 0.484 e. The number of carbonyl (C=O) groups excluding carboxylic acids is 1. The molecule has 0 fully saturated rings. The van der Waals surface area contributed by atoms with E-state index in [1.807, 2.05) is 30.3 Å². The Morgan fingerprint density at radius 3 is 2.76 bits per heavy atom. The van der Waals surface area contributed by atoms with Crippen molar-refractivity contribution in [1.82, 2.24) is 0 Å². The van der Waals surface area contributed by atoms with Crippen LogP contribution in [0.2, 0.25) is 0 Å². The number of rotatable bonds is 6. The Labute approximate surface area is 176 Å². The number of carbonyl (C=O) groups is 1. The molecule has 1 aliphatic rings. The number of hydrogen-bond acceptors (Lipinski definition) is 7. The van der Waals surface area contributed by atoms with Gasteiger partial charge in [-0.15, -0.1) is 0 Å². The van der Waals surface area contributed by atoms with E-state index in [-0.39, 0.29) is 36.0 Å². The third-order valence-electron chi connectivity index (χ3n) is 4.27. The van der Waals surface area contributed by atoms with Crippen LogP contribution in [0.5, 0.6) is 5.75 Å². The highest BCUT2D eigenvalue weighted by molar-refractivity contribution is 9.10. The molecule has 1 aliphatic heterocycles. The first-order valence-corrected chi connectivity index (χ1v) is 9.67. The first-order valence-electron chi connectivity index (χ1n) is 8.87. The van der Waals surface area contributed by atoms with Gasteiger partial charge in [-0.25, -0.2) is 4.79 Å². The van der Waals surface area contributed by atoms with E-state index in [1.165, 1.54) is 0 Å². The van der Waals surface area contributed by atoms with Gasteiger partial charge in [0.05, 0.1) is 22.6 Å². The number of ether oxygens (including phenoxy) is 3.